The van der Waals surface area contributed by atoms with Crippen molar-refractivity contribution in [1.29, 1.82) is 0 Å². The Labute approximate surface area is 326 Å². The van der Waals surface area contributed by atoms with Crippen molar-refractivity contribution in [3.63, 3.8) is 0 Å². The molecule has 16 heteroatoms. The monoisotopic (exact) mass is 780 g/mol. The van der Waals surface area contributed by atoms with E-state index >= 15 is 0 Å². The summed E-state index contributed by atoms with van der Waals surface area (Å²) in [7, 11) is 0. The molecule has 0 unspecified atom stereocenters. The third-order valence-electron chi connectivity index (χ3n) is 9.08. The molecular weight excluding hydrogens is 712 g/mol. The molecular formula is C39H68N6O10. The highest BCUT2D eigenvalue weighted by atomic mass is 16.5. The van der Waals surface area contributed by atoms with Gasteiger partial charge in [0.05, 0.1) is 44.9 Å². The summed E-state index contributed by atoms with van der Waals surface area (Å²) in [4.78, 5) is 89.2. The molecule has 16 nitrogen and oxygen atoms in total. The molecule has 1 rings (SSSR count). The van der Waals surface area contributed by atoms with Crippen molar-refractivity contribution in [2.45, 2.75) is 144 Å². The first-order valence-electron chi connectivity index (χ1n) is 19.5. The molecule has 7 N–H and O–H groups in total. The number of hydrogen-bond donors (Lipinski definition) is 7. The highest BCUT2D eigenvalue weighted by molar-refractivity contribution is 5.83. The molecule has 6 amide bonds. The summed E-state index contributed by atoms with van der Waals surface area (Å²) >= 11 is 0. The first kappa shape index (κ1) is 49.0. The van der Waals surface area contributed by atoms with Gasteiger partial charge >= 0.3 is 5.97 Å². The van der Waals surface area contributed by atoms with Gasteiger partial charge < -0.3 is 46.5 Å². The number of carboxylic acids is 1. The maximum Gasteiger partial charge on any atom is 0.305 e. The summed E-state index contributed by atoms with van der Waals surface area (Å²) in [5.74, 6) is -3.33. The maximum absolute atomic E-state index is 13.3. The van der Waals surface area contributed by atoms with Crippen LogP contribution in [0.4, 0.5) is 0 Å². The first-order chi connectivity index (χ1) is 25.7. The normalized spacial score (nSPS) is 23.1. The van der Waals surface area contributed by atoms with Crippen LogP contribution in [0.1, 0.15) is 107 Å². The smallest absolute Gasteiger partial charge is 0.305 e. The van der Waals surface area contributed by atoms with Gasteiger partial charge in [-0.05, 0) is 30.1 Å². The molecule has 0 saturated heterocycles. The number of amides is 6. The van der Waals surface area contributed by atoms with Gasteiger partial charge in [-0.3, -0.25) is 33.6 Å². The third-order valence-corrected chi connectivity index (χ3v) is 9.08. The van der Waals surface area contributed by atoms with E-state index in [1.54, 1.807) is 12.2 Å². The third kappa shape index (κ3) is 22.8. The lowest BCUT2D eigenvalue weighted by atomic mass is 9.97. The van der Waals surface area contributed by atoms with Crippen molar-refractivity contribution in [2.24, 2.45) is 23.7 Å². The van der Waals surface area contributed by atoms with Crippen molar-refractivity contribution in [3.05, 3.63) is 12.2 Å². The topological polar surface area (TPSA) is 230 Å². The van der Waals surface area contributed by atoms with Crippen LogP contribution in [-0.2, 0) is 43.0 Å². The van der Waals surface area contributed by atoms with E-state index in [2.05, 4.69) is 31.9 Å². The molecule has 0 bridgehead atoms. The minimum absolute atomic E-state index is 0.00262. The molecule has 0 aromatic heterocycles. The molecule has 0 spiro atoms. The van der Waals surface area contributed by atoms with Gasteiger partial charge in [0.25, 0.3) is 0 Å². The molecule has 1 aliphatic rings. The molecule has 0 radical (unpaired) electrons. The molecule has 0 aliphatic carbocycles. The Bertz CT molecular complexity index is 1290. The van der Waals surface area contributed by atoms with Gasteiger partial charge in [0, 0.05) is 63.2 Å². The molecule has 6 atom stereocenters. The lowest BCUT2D eigenvalue weighted by molar-refractivity contribution is -0.138. The van der Waals surface area contributed by atoms with Crippen LogP contribution in [-0.4, -0.2) is 109 Å². The van der Waals surface area contributed by atoms with Crippen LogP contribution in [0.5, 0.6) is 0 Å². The number of aliphatic carboxylic acids is 1. The Morgan fingerprint density at radius 1 is 0.745 bits per heavy atom. The van der Waals surface area contributed by atoms with Gasteiger partial charge in [-0.2, -0.15) is 0 Å². The highest BCUT2D eigenvalue weighted by Crippen LogP contribution is 2.13. The lowest BCUT2D eigenvalue weighted by Crippen LogP contribution is -2.50. The van der Waals surface area contributed by atoms with Crippen LogP contribution in [0, 0.1) is 23.7 Å². The van der Waals surface area contributed by atoms with Gasteiger partial charge in [0.2, 0.25) is 35.4 Å². The van der Waals surface area contributed by atoms with Crippen LogP contribution in [0.2, 0.25) is 0 Å². The number of hydrogen-bond acceptors (Lipinski definition) is 9. The zero-order chi connectivity index (χ0) is 41.7. The number of carboxylic acid groups (broad SMARTS) is 1. The molecule has 1 heterocycles. The van der Waals surface area contributed by atoms with Crippen molar-refractivity contribution >= 4 is 41.4 Å². The van der Waals surface area contributed by atoms with Crippen molar-refractivity contribution in [2.75, 3.05) is 26.4 Å². The Kier molecular flexibility index (Phi) is 23.1. The van der Waals surface area contributed by atoms with Gasteiger partial charge in [-0.1, -0.05) is 67.5 Å². The molecule has 314 valence electrons. The van der Waals surface area contributed by atoms with E-state index in [0.29, 0.717) is 6.42 Å². The number of carbonyl (C=O) groups is 7. The summed E-state index contributed by atoms with van der Waals surface area (Å²) in [6.07, 6.45) is 3.26. The first-order valence-corrected chi connectivity index (χ1v) is 19.5. The zero-order valence-electron chi connectivity index (χ0n) is 34.3. The quantitative estimate of drug-likeness (QED) is 0.127. The minimum Gasteiger partial charge on any atom is -0.481 e. The lowest BCUT2D eigenvalue weighted by Gasteiger charge is -2.27. The predicted molar refractivity (Wildman–Crippen MR) is 207 cm³/mol. The second kappa shape index (κ2) is 25.9. The Morgan fingerprint density at radius 3 is 1.76 bits per heavy atom. The van der Waals surface area contributed by atoms with E-state index in [0.717, 1.165) is 0 Å². The highest BCUT2D eigenvalue weighted by Gasteiger charge is 2.28. The molecule has 55 heavy (non-hydrogen) atoms. The Hall–Kier alpha value is -4.05. The zero-order valence-corrected chi connectivity index (χ0v) is 34.3. The van der Waals surface area contributed by atoms with E-state index in [1.807, 2.05) is 55.4 Å². The SMILES string of the molecule is CC(=O)N[C@H](CC(=O)N[C@H]1COC/C=C/COC[C@@H](CC(=O)N[C@@H](CC(=O)O)CC(C)C)NC(=O)C[C@H](C(C)C)NC(=O)C[C@H](C(C)C)NC(=O)C1)C(C)C. The molecule has 0 aromatic rings. The summed E-state index contributed by atoms with van der Waals surface area (Å²) in [5.41, 5.74) is 0. The second-order valence-corrected chi connectivity index (χ2v) is 16.0. The van der Waals surface area contributed by atoms with Crippen LogP contribution in [0.15, 0.2) is 12.2 Å². The summed E-state index contributed by atoms with van der Waals surface area (Å²) in [6.45, 7) is 16.8. The molecule has 0 aromatic carbocycles. The number of carbonyl (C=O) groups excluding carboxylic acids is 6. The van der Waals surface area contributed by atoms with Crippen LogP contribution in [0.25, 0.3) is 0 Å². The van der Waals surface area contributed by atoms with E-state index < -0.39 is 54.0 Å². The molecule has 1 aliphatic heterocycles. The predicted octanol–water partition coefficient (Wildman–Crippen LogP) is 1.96. The maximum atomic E-state index is 13.3. The fraction of sp³-hybridized carbons (Fsp3) is 0.769. The van der Waals surface area contributed by atoms with Gasteiger partial charge in [0.15, 0.2) is 0 Å². The van der Waals surface area contributed by atoms with Gasteiger partial charge in [0.1, 0.15) is 0 Å². The van der Waals surface area contributed by atoms with E-state index in [1.165, 1.54) is 6.92 Å². The minimum atomic E-state index is -1.03. The summed E-state index contributed by atoms with van der Waals surface area (Å²) in [5, 5.41) is 26.5. The van der Waals surface area contributed by atoms with Crippen LogP contribution < -0.4 is 31.9 Å². The molecule has 0 saturated carbocycles. The largest absolute Gasteiger partial charge is 0.481 e. The van der Waals surface area contributed by atoms with Crippen LogP contribution >= 0.6 is 0 Å². The standard InChI is InChI=1S/C39H68N6O10/c1-23(2)14-28(17-39(52)53)41-34(47)15-29-21-54-12-10-11-13-55-22-30(43-36(49)18-31(24(3)4)40-27(9)46)16-35(48)44-33(26(7)8)20-38(51)45-32(25(5)6)19-37(50)42-29/h10-11,23-26,28-33H,12-22H2,1-9H3,(H,40,46)(H,41,47)(H,42,50)(H,43,49)(H,44,48)(H,45,51)(H,52,53)/b11-10+/t28-,29-,30-,31-,32-,33-/m1/s1. The fourth-order valence-electron chi connectivity index (χ4n) is 6.03. The van der Waals surface area contributed by atoms with Crippen molar-refractivity contribution < 1.29 is 48.1 Å². The van der Waals surface area contributed by atoms with Gasteiger partial charge in [-0.15, -0.1) is 0 Å². The number of nitrogens with one attached hydrogen (secondary N) is 6. The van der Waals surface area contributed by atoms with Crippen molar-refractivity contribution in [3.8, 4) is 0 Å². The number of rotatable bonds is 14. The average molecular weight is 781 g/mol. The fourth-order valence-corrected chi connectivity index (χ4v) is 6.03. The van der Waals surface area contributed by atoms with E-state index in [-0.39, 0.29) is 112 Å². The second-order valence-electron chi connectivity index (χ2n) is 16.0. The van der Waals surface area contributed by atoms with Gasteiger partial charge in [-0.25, -0.2) is 0 Å². The Balaban J connectivity index is 3.24. The summed E-state index contributed by atoms with van der Waals surface area (Å²) < 4.78 is 11.6. The average Bonchev–Trinajstić information content (AvgIpc) is 3.03. The van der Waals surface area contributed by atoms with Crippen LogP contribution in [0.3, 0.4) is 0 Å². The van der Waals surface area contributed by atoms with E-state index in [4.69, 9.17) is 9.47 Å². The molecule has 0 fully saturated rings. The summed E-state index contributed by atoms with van der Waals surface area (Å²) in [6, 6.07) is -3.53. The number of ether oxygens (including phenoxy) is 2. The van der Waals surface area contributed by atoms with Crippen molar-refractivity contribution in [1.82, 2.24) is 31.9 Å². The van der Waals surface area contributed by atoms with E-state index in [9.17, 15) is 38.7 Å². The Morgan fingerprint density at radius 2 is 1.27 bits per heavy atom.